The van der Waals surface area contributed by atoms with Crippen LogP contribution in [-0.2, 0) is 6.54 Å². The summed E-state index contributed by atoms with van der Waals surface area (Å²) in [6.45, 7) is 5.53. The minimum absolute atomic E-state index is 0.601. The molecule has 0 radical (unpaired) electrons. The van der Waals surface area contributed by atoms with E-state index in [0.29, 0.717) is 6.61 Å². The molecule has 0 aliphatic heterocycles. The summed E-state index contributed by atoms with van der Waals surface area (Å²) in [6.07, 6.45) is 0. The van der Waals surface area contributed by atoms with Gasteiger partial charge in [-0.1, -0.05) is 54.1 Å². The zero-order valence-electron chi connectivity index (χ0n) is 15.1. The number of hydrogen-bond donors (Lipinski definition) is 0. The van der Waals surface area contributed by atoms with E-state index in [1.165, 1.54) is 5.56 Å². The van der Waals surface area contributed by atoms with Crippen molar-refractivity contribution in [1.29, 1.82) is 0 Å². The van der Waals surface area contributed by atoms with Crippen LogP contribution in [-0.4, -0.2) is 16.2 Å². The largest absolute Gasteiger partial charge is 0.491 e. The van der Waals surface area contributed by atoms with Crippen molar-refractivity contribution >= 4 is 11.0 Å². The van der Waals surface area contributed by atoms with E-state index in [4.69, 9.17) is 9.72 Å². The lowest BCUT2D eigenvalue weighted by molar-refractivity contribution is 0.299. The quantitative estimate of drug-likeness (QED) is 0.485. The fraction of sp³-hybridized carbons (Fsp3) is 0.174. The van der Waals surface area contributed by atoms with E-state index in [-0.39, 0.29) is 0 Å². The molecule has 4 aromatic rings. The van der Waals surface area contributed by atoms with E-state index in [0.717, 1.165) is 40.3 Å². The molecule has 130 valence electrons. The van der Waals surface area contributed by atoms with Gasteiger partial charge in [0.1, 0.15) is 18.2 Å². The molecule has 0 fully saturated rings. The minimum Gasteiger partial charge on any atom is -0.491 e. The number of ether oxygens (including phenoxy) is 1. The average Bonchev–Trinajstić information content (AvgIpc) is 3.02. The summed E-state index contributed by atoms with van der Waals surface area (Å²) in [5.74, 6) is 1.93. The maximum absolute atomic E-state index is 6.03. The zero-order chi connectivity index (χ0) is 17.9. The number of aryl methyl sites for hydroxylation is 2. The summed E-state index contributed by atoms with van der Waals surface area (Å²) in [7, 11) is 0. The van der Waals surface area contributed by atoms with E-state index < -0.39 is 0 Å². The van der Waals surface area contributed by atoms with E-state index in [1.807, 2.05) is 24.3 Å². The molecule has 3 heteroatoms. The molecule has 0 N–H and O–H groups in total. The number of para-hydroxylation sites is 3. The van der Waals surface area contributed by atoms with Gasteiger partial charge in [-0.15, -0.1) is 0 Å². The molecule has 0 atom stereocenters. The number of rotatable bonds is 5. The summed E-state index contributed by atoms with van der Waals surface area (Å²) in [5, 5.41) is 0. The third-order valence-corrected chi connectivity index (χ3v) is 4.60. The van der Waals surface area contributed by atoms with E-state index in [2.05, 4.69) is 66.9 Å². The number of nitrogens with zero attached hydrogens (tertiary/aromatic N) is 2. The Hall–Kier alpha value is -3.07. The smallest absolute Gasteiger partial charge is 0.141 e. The fourth-order valence-corrected chi connectivity index (χ4v) is 3.27. The van der Waals surface area contributed by atoms with Crippen molar-refractivity contribution in [1.82, 2.24) is 9.55 Å². The third kappa shape index (κ3) is 3.21. The second-order valence-electron chi connectivity index (χ2n) is 6.56. The van der Waals surface area contributed by atoms with Gasteiger partial charge < -0.3 is 9.30 Å². The lowest BCUT2D eigenvalue weighted by Gasteiger charge is -2.12. The Morgan fingerprint density at radius 1 is 0.885 bits per heavy atom. The second kappa shape index (κ2) is 7.04. The van der Waals surface area contributed by atoms with E-state index in [1.54, 1.807) is 0 Å². The van der Waals surface area contributed by atoms with Gasteiger partial charge in [0.05, 0.1) is 17.6 Å². The maximum atomic E-state index is 6.03. The summed E-state index contributed by atoms with van der Waals surface area (Å²) < 4.78 is 8.28. The van der Waals surface area contributed by atoms with Crippen molar-refractivity contribution in [3.63, 3.8) is 0 Å². The first-order valence-electron chi connectivity index (χ1n) is 8.93. The van der Waals surface area contributed by atoms with Crippen LogP contribution in [0.1, 0.15) is 11.1 Å². The molecule has 0 amide bonds. The maximum Gasteiger partial charge on any atom is 0.141 e. The van der Waals surface area contributed by atoms with Crippen LogP contribution in [0.5, 0.6) is 5.75 Å². The van der Waals surface area contributed by atoms with Gasteiger partial charge in [-0.05, 0) is 43.7 Å². The Labute approximate surface area is 153 Å². The van der Waals surface area contributed by atoms with Gasteiger partial charge in [-0.3, -0.25) is 0 Å². The molecule has 0 spiro atoms. The van der Waals surface area contributed by atoms with Crippen LogP contribution in [0.15, 0.2) is 72.8 Å². The number of imidazole rings is 1. The fourth-order valence-electron chi connectivity index (χ4n) is 3.27. The van der Waals surface area contributed by atoms with Crippen LogP contribution in [0.3, 0.4) is 0 Å². The molecule has 0 bridgehead atoms. The molecule has 0 unspecified atom stereocenters. The number of hydrogen-bond acceptors (Lipinski definition) is 2. The van der Waals surface area contributed by atoms with Crippen LogP contribution in [0, 0.1) is 13.8 Å². The molecule has 3 nitrogen and oxygen atoms in total. The van der Waals surface area contributed by atoms with Crippen molar-refractivity contribution in [2.45, 2.75) is 20.4 Å². The molecule has 0 aliphatic carbocycles. The van der Waals surface area contributed by atoms with Crippen molar-refractivity contribution < 1.29 is 4.74 Å². The Morgan fingerprint density at radius 2 is 1.69 bits per heavy atom. The standard InChI is InChI=1S/C23H22N2O/c1-17-8-7-10-19(16-17)23-24-20-11-4-5-12-21(20)25(23)14-15-26-22-13-6-3-9-18(22)2/h3-13,16H,14-15H2,1-2H3. The van der Waals surface area contributed by atoms with Crippen LogP contribution in [0.4, 0.5) is 0 Å². The molecule has 0 saturated heterocycles. The SMILES string of the molecule is Cc1cccc(-c2nc3ccccc3n2CCOc2ccccc2C)c1. The lowest BCUT2D eigenvalue weighted by atomic mass is 10.1. The predicted octanol–water partition coefficient (Wildman–Crippen LogP) is 5.40. The first-order chi connectivity index (χ1) is 12.7. The summed E-state index contributed by atoms with van der Waals surface area (Å²) in [5.41, 5.74) is 5.67. The highest BCUT2D eigenvalue weighted by Gasteiger charge is 2.12. The Balaban J connectivity index is 1.67. The van der Waals surface area contributed by atoms with Gasteiger partial charge in [-0.25, -0.2) is 4.98 Å². The normalized spacial score (nSPS) is 11.0. The zero-order valence-corrected chi connectivity index (χ0v) is 15.1. The topological polar surface area (TPSA) is 27.1 Å². The second-order valence-corrected chi connectivity index (χ2v) is 6.56. The van der Waals surface area contributed by atoms with Crippen LogP contribution in [0.2, 0.25) is 0 Å². The summed E-state index contributed by atoms with van der Waals surface area (Å²) >= 11 is 0. The third-order valence-electron chi connectivity index (χ3n) is 4.60. The van der Waals surface area contributed by atoms with Gasteiger partial charge in [0.15, 0.2) is 0 Å². The Morgan fingerprint density at radius 3 is 2.54 bits per heavy atom. The highest BCUT2D eigenvalue weighted by atomic mass is 16.5. The van der Waals surface area contributed by atoms with Crippen molar-refractivity contribution in [2.75, 3.05) is 6.61 Å². The first kappa shape index (κ1) is 16.4. The highest BCUT2D eigenvalue weighted by molar-refractivity contribution is 5.80. The van der Waals surface area contributed by atoms with Gasteiger partial charge in [-0.2, -0.15) is 0 Å². The van der Waals surface area contributed by atoms with Crippen molar-refractivity contribution in [3.05, 3.63) is 83.9 Å². The molecular formula is C23H22N2O. The Kier molecular flexibility index (Phi) is 4.44. The lowest BCUT2D eigenvalue weighted by Crippen LogP contribution is -2.10. The molecule has 4 rings (SSSR count). The molecule has 1 heterocycles. The van der Waals surface area contributed by atoms with Gasteiger partial charge >= 0.3 is 0 Å². The van der Waals surface area contributed by atoms with Gasteiger partial charge in [0, 0.05) is 5.56 Å². The Bertz CT molecular complexity index is 1050. The van der Waals surface area contributed by atoms with E-state index >= 15 is 0 Å². The molecule has 1 aromatic heterocycles. The predicted molar refractivity (Wildman–Crippen MR) is 107 cm³/mol. The molecule has 0 aliphatic rings. The number of benzene rings is 3. The van der Waals surface area contributed by atoms with Gasteiger partial charge in [0.2, 0.25) is 0 Å². The molecule has 3 aromatic carbocycles. The minimum atomic E-state index is 0.601. The van der Waals surface area contributed by atoms with Crippen LogP contribution < -0.4 is 4.74 Å². The monoisotopic (exact) mass is 342 g/mol. The first-order valence-corrected chi connectivity index (χ1v) is 8.93. The van der Waals surface area contributed by atoms with Gasteiger partial charge in [0.25, 0.3) is 0 Å². The van der Waals surface area contributed by atoms with Crippen LogP contribution in [0.25, 0.3) is 22.4 Å². The molecule has 0 saturated carbocycles. The molecule has 26 heavy (non-hydrogen) atoms. The highest BCUT2D eigenvalue weighted by Crippen LogP contribution is 2.25. The number of aromatic nitrogens is 2. The summed E-state index contributed by atoms with van der Waals surface area (Å²) in [4.78, 5) is 4.87. The van der Waals surface area contributed by atoms with Crippen molar-refractivity contribution in [3.8, 4) is 17.1 Å². The average molecular weight is 342 g/mol. The van der Waals surface area contributed by atoms with Crippen molar-refractivity contribution in [2.24, 2.45) is 0 Å². The van der Waals surface area contributed by atoms with E-state index in [9.17, 15) is 0 Å². The summed E-state index contributed by atoms with van der Waals surface area (Å²) in [6, 6.07) is 24.9. The van der Waals surface area contributed by atoms with Crippen LogP contribution >= 0.6 is 0 Å². The number of fused-ring (bicyclic) bond motifs is 1. The molecular weight excluding hydrogens is 320 g/mol.